The Hall–Kier alpha value is -3.63. The summed E-state index contributed by atoms with van der Waals surface area (Å²) in [6, 6.07) is 14.2. The van der Waals surface area contributed by atoms with E-state index in [-0.39, 0.29) is 42.1 Å². The van der Waals surface area contributed by atoms with Crippen molar-refractivity contribution in [1.29, 1.82) is 0 Å². The van der Waals surface area contributed by atoms with Crippen LogP contribution in [0.25, 0.3) is 0 Å². The topological polar surface area (TPSA) is 119 Å². The summed E-state index contributed by atoms with van der Waals surface area (Å²) in [6.07, 6.45) is -0.235. The molecule has 41 heavy (non-hydrogen) atoms. The van der Waals surface area contributed by atoms with E-state index in [4.69, 9.17) is 30.8 Å². The first-order valence-corrected chi connectivity index (χ1v) is 14.0. The van der Waals surface area contributed by atoms with E-state index in [1.54, 1.807) is 50.8 Å². The number of amides is 3. The minimum atomic E-state index is -1.14. The molecule has 0 aromatic heterocycles. The summed E-state index contributed by atoms with van der Waals surface area (Å²) in [5.74, 6) is -0.127. The average Bonchev–Trinajstić information content (AvgIpc) is 2.88. The first-order chi connectivity index (χ1) is 19.3. The second-order valence-corrected chi connectivity index (χ2v) is 11.9. The molecule has 3 amide bonds. The number of carbonyl (C=O) groups excluding carboxylic acids is 3. The van der Waals surface area contributed by atoms with Crippen LogP contribution in [0.5, 0.6) is 0 Å². The highest BCUT2D eigenvalue weighted by atomic mass is 35.5. The van der Waals surface area contributed by atoms with Gasteiger partial charge in [0.05, 0.1) is 28.8 Å². The first kappa shape index (κ1) is 30.3. The Morgan fingerprint density at radius 2 is 1.85 bits per heavy atom. The van der Waals surface area contributed by atoms with Gasteiger partial charge >= 0.3 is 12.2 Å². The minimum absolute atomic E-state index is 0.000135. The Bertz CT molecular complexity index is 1310. The fourth-order valence-corrected chi connectivity index (χ4v) is 5.34. The number of alkyl carbamates (subject to hydrolysis) is 1. The van der Waals surface area contributed by atoms with Gasteiger partial charge in [-0.05, 0) is 59.1 Å². The molecule has 2 aliphatic rings. The van der Waals surface area contributed by atoms with E-state index in [2.05, 4.69) is 10.6 Å². The highest BCUT2D eigenvalue weighted by Crippen LogP contribution is 2.41. The molecule has 0 bridgehead atoms. The van der Waals surface area contributed by atoms with Gasteiger partial charge in [-0.2, -0.15) is 0 Å². The number of carbonyl (C=O) groups is 3. The van der Waals surface area contributed by atoms with Crippen LogP contribution in [-0.4, -0.2) is 53.3 Å². The predicted molar refractivity (Wildman–Crippen MR) is 156 cm³/mol. The highest BCUT2D eigenvalue weighted by molar-refractivity contribution is 6.34. The molecule has 0 aliphatic carbocycles. The molecule has 220 valence electrons. The molecule has 2 aromatic carbocycles. The summed E-state index contributed by atoms with van der Waals surface area (Å²) < 4.78 is 16.5. The normalized spacial score (nSPS) is 22.9. The SMILES string of the molecule is C[C@H]1C[C@@H](N2C(=O)C[C@@](C)(c3cccc(NC(=O)OCc4ccccc4)c3Cl)N=C2NC(=O)OC(C)(C)C)CCO1. The van der Waals surface area contributed by atoms with Crippen LogP contribution in [-0.2, 0) is 31.2 Å². The van der Waals surface area contributed by atoms with Gasteiger partial charge in [0.15, 0.2) is 0 Å². The van der Waals surface area contributed by atoms with Crippen molar-refractivity contribution in [3.63, 3.8) is 0 Å². The van der Waals surface area contributed by atoms with Gasteiger partial charge < -0.3 is 14.2 Å². The summed E-state index contributed by atoms with van der Waals surface area (Å²) in [5.41, 5.74) is -0.218. The summed E-state index contributed by atoms with van der Waals surface area (Å²) >= 11 is 6.79. The average molecular weight is 585 g/mol. The largest absolute Gasteiger partial charge is 0.444 e. The second kappa shape index (κ2) is 12.5. The predicted octanol–water partition coefficient (Wildman–Crippen LogP) is 5.98. The summed E-state index contributed by atoms with van der Waals surface area (Å²) in [7, 11) is 0. The number of benzene rings is 2. The van der Waals surface area contributed by atoms with Crippen LogP contribution >= 0.6 is 11.6 Å². The van der Waals surface area contributed by atoms with Crippen molar-refractivity contribution in [3.8, 4) is 0 Å². The number of guanidine groups is 1. The molecule has 10 nitrogen and oxygen atoms in total. The number of hydrogen-bond donors (Lipinski definition) is 2. The smallest absolute Gasteiger partial charge is 0.414 e. The fraction of sp³-hybridized carbons (Fsp3) is 0.467. The van der Waals surface area contributed by atoms with Crippen molar-refractivity contribution >= 4 is 41.3 Å². The Kier molecular flexibility index (Phi) is 9.24. The van der Waals surface area contributed by atoms with Crippen molar-refractivity contribution in [2.24, 2.45) is 4.99 Å². The van der Waals surface area contributed by atoms with E-state index in [1.807, 2.05) is 37.3 Å². The Morgan fingerprint density at radius 1 is 1.12 bits per heavy atom. The molecule has 2 aliphatic heterocycles. The Labute approximate surface area is 245 Å². The number of halogens is 1. The lowest BCUT2D eigenvalue weighted by Gasteiger charge is -2.42. The van der Waals surface area contributed by atoms with E-state index in [0.717, 1.165) is 5.56 Å². The molecule has 1 fully saturated rings. The summed E-state index contributed by atoms with van der Waals surface area (Å²) in [6.45, 7) is 9.58. The molecule has 0 unspecified atom stereocenters. The summed E-state index contributed by atoms with van der Waals surface area (Å²) in [4.78, 5) is 45.5. The zero-order chi connectivity index (χ0) is 29.8. The van der Waals surface area contributed by atoms with Gasteiger partial charge in [0.2, 0.25) is 11.9 Å². The highest BCUT2D eigenvalue weighted by Gasteiger charge is 2.44. The first-order valence-electron chi connectivity index (χ1n) is 13.6. The molecular weight excluding hydrogens is 548 g/mol. The molecule has 4 rings (SSSR count). The standard InChI is InChI=1S/C30H37ClN4O6/c1-19-16-21(14-15-39-19)35-24(36)17-30(5,34-26(35)33-28(38)41-29(2,3)4)22-12-9-13-23(25(22)31)32-27(37)40-18-20-10-7-6-8-11-20/h6-13,19,21H,14-18H2,1-5H3,(H,32,37)(H,33,34,38)/t19-,21-,30-/m0/s1. The van der Waals surface area contributed by atoms with Crippen molar-refractivity contribution in [3.05, 3.63) is 64.7 Å². The third-order valence-electron chi connectivity index (χ3n) is 6.81. The third kappa shape index (κ3) is 7.77. The van der Waals surface area contributed by atoms with E-state index in [1.165, 1.54) is 0 Å². The van der Waals surface area contributed by atoms with E-state index < -0.39 is 23.3 Å². The number of rotatable bonds is 5. The lowest BCUT2D eigenvalue weighted by atomic mass is 9.86. The van der Waals surface area contributed by atoms with E-state index in [0.29, 0.717) is 30.7 Å². The Morgan fingerprint density at radius 3 is 2.54 bits per heavy atom. The van der Waals surface area contributed by atoms with Crippen LogP contribution in [0, 0.1) is 0 Å². The van der Waals surface area contributed by atoms with Crippen LogP contribution in [0.1, 0.15) is 65.0 Å². The third-order valence-corrected chi connectivity index (χ3v) is 7.22. The minimum Gasteiger partial charge on any atom is -0.444 e. The van der Waals surface area contributed by atoms with Gasteiger partial charge in [-0.1, -0.05) is 54.1 Å². The van der Waals surface area contributed by atoms with Gasteiger partial charge in [0.25, 0.3) is 0 Å². The van der Waals surface area contributed by atoms with E-state index in [9.17, 15) is 14.4 Å². The zero-order valence-electron chi connectivity index (χ0n) is 24.0. The lowest BCUT2D eigenvalue weighted by Crippen LogP contribution is -2.58. The molecule has 1 saturated heterocycles. The van der Waals surface area contributed by atoms with Crippen molar-refractivity contribution in [2.45, 2.75) is 83.8 Å². The van der Waals surface area contributed by atoms with Gasteiger partial charge in [-0.15, -0.1) is 0 Å². The van der Waals surface area contributed by atoms with Crippen LogP contribution in [0.4, 0.5) is 15.3 Å². The van der Waals surface area contributed by atoms with E-state index >= 15 is 0 Å². The van der Waals surface area contributed by atoms with Gasteiger partial charge in [-0.25, -0.2) is 14.6 Å². The number of ether oxygens (including phenoxy) is 3. The molecule has 0 spiro atoms. The molecule has 0 saturated carbocycles. The zero-order valence-corrected chi connectivity index (χ0v) is 24.8. The number of anilines is 1. The van der Waals surface area contributed by atoms with Gasteiger partial charge in [-0.3, -0.25) is 20.3 Å². The second-order valence-electron chi connectivity index (χ2n) is 11.5. The molecule has 2 N–H and O–H groups in total. The molecule has 0 radical (unpaired) electrons. The monoisotopic (exact) mass is 584 g/mol. The Balaban J connectivity index is 1.61. The number of hydrogen-bond acceptors (Lipinski definition) is 7. The maximum absolute atomic E-state index is 13.7. The quantitative estimate of drug-likeness (QED) is 0.446. The number of nitrogens with zero attached hydrogens (tertiary/aromatic N) is 2. The van der Waals surface area contributed by atoms with Crippen molar-refractivity contribution in [1.82, 2.24) is 10.2 Å². The molecule has 2 heterocycles. The number of aliphatic imine (C=N–C) groups is 1. The summed E-state index contributed by atoms with van der Waals surface area (Å²) in [5, 5.41) is 5.61. The number of nitrogens with one attached hydrogen (secondary N) is 2. The molecule has 2 aromatic rings. The van der Waals surface area contributed by atoms with Crippen molar-refractivity contribution in [2.75, 3.05) is 11.9 Å². The maximum atomic E-state index is 13.7. The van der Waals surface area contributed by atoms with Crippen LogP contribution < -0.4 is 10.6 Å². The van der Waals surface area contributed by atoms with Crippen molar-refractivity contribution < 1.29 is 28.6 Å². The molecule has 11 heteroatoms. The molecule has 3 atom stereocenters. The fourth-order valence-electron chi connectivity index (χ4n) is 4.96. The lowest BCUT2D eigenvalue weighted by molar-refractivity contribution is -0.133. The van der Waals surface area contributed by atoms with Gasteiger partial charge in [0, 0.05) is 18.2 Å². The maximum Gasteiger partial charge on any atom is 0.414 e. The van der Waals surface area contributed by atoms with Crippen LogP contribution in [0.3, 0.4) is 0 Å². The molecular formula is C30H37ClN4O6. The van der Waals surface area contributed by atoms with Crippen LogP contribution in [0.2, 0.25) is 5.02 Å². The van der Waals surface area contributed by atoms with Crippen LogP contribution in [0.15, 0.2) is 53.5 Å². The van der Waals surface area contributed by atoms with Gasteiger partial charge in [0.1, 0.15) is 12.2 Å².